The molecule has 1 amide bonds. The summed E-state index contributed by atoms with van der Waals surface area (Å²) in [5.41, 5.74) is 21.3. The maximum atomic E-state index is 10.5. The Morgan fingerprint density at radius 2 is 0.700 bits per heavy atom. The lowest BCUT2D eigenvalue weighted by Gasteiger charge is -2.14. The van der Waals surface area contributed by atoms with Crippen LogP contribution in [-0.4, -0.2) is 194 Å². The van der Waals surface area contributed by atoms with Gasteiger partial charge in [0.05, 0.1) is 19.3 Å². The van der Waals surface area contributed by atoms with Gasteiger partial charge in [-0.3, -0.25) is 4.79 Å². The average Bonchev–Trinajstić information content (AvgIpc) is 0.975. The van der Waals surface area contributed by atoms with Gasteiger partial charge in [-0.05, 0) is 308 Å². The van der Waals surface area contributed by atoms with Crippen molar-refractivity contribution in [1.29, 1.82) is 0 Å². The second-order valence-corrected chi connectivity index (χ2v) is 47.1. The molecule has 17 N–H and O–H groups in total. The molecule has 0 aliphatic rings. The number of terminal acetylenes is 2. The Hall–Kier alpha value is -3.22. The van der Waals surface area contributed by atoms with Gasteiger partial charge in [-0.2, -0.15) is 0 Å². The first-order chi connectivity index (χ1) is 65.3. The number of Topliss-reactive ketones (excluding diaryl/α,β-unsaturated/α-hetero) is 2. The Morgan fingerprint density at radius 3 is 0.827 bits per heavy atom. The molecule has 0 aromatic rings. The largest absolute Gasteiger partial charge is 0.396 e. The molecule has 0 fully saturated rings. The number of aliphatic hydroxyl groups is 4. The van der Waals surface area contributed by atoms with Crippen molar-refractivity contribution < 1.29 is 44.3 Å². The molecule has 938 valence electrons. The first kappa shape index (κ1) is 221. The van der Waals surface area contributed by atoms with E-state index in [1.165, 1.54) is 70.9 Å². The summed E-state index contributed by atoms with van der Waals surface area (Å²) in [6.45, 7) is 119. The number of allylic oxidation sites excluding steroid dienone is 1. The number of hydrogen-bond acceptors (Lipinski definition) is 18. The van der Waals surface area contributed by atoms with Gasteiger partial charge in [0.2, 0.25) is 5.91 Å². The van der Waals surface area contributed by atoms with Crippen LogP contribution in [0.25, 0.3) is 0 Å². The molecule has 0 heterocycles. The van der Waals surface area contributed by atoms with E-state index >= 15 is 0 Å². The number of nitrogens with two attached hydrogens (primary N) is 4. The first-order valence-electron chi connectivity index (χ1n) is 56.7. The van der Waals surface area contributed by atoms with Crippen molar-refractivity contribution in [3.8, 4) is 24.7 Å². The lowest BCUT2D eigenvalue weighted by Crippen LogP contribution is -2.24. The Morgan fingerprint density at radius 1 is 0.393 bits per heavy atom. The van der Waals surface area contributed by atoms with E-state index in [1.807, 2.05) is 40.8 Å². The van der Waals surface area contributed by atoms with E-state index in [4.69, 9.17) is 60.9 Å². The maximum absolute atomic E-state index is 10.5. The van der Waals surface area contributed by atoms with E-state index < -0.39 is 6.10 Å². The minimum Gasteiger partial charge on any atom is -0.396 e. The second kappa shape index (κ2) is 187. The Bertz CT molecular complexity index is 2080. The molecular formula is C131H310N10O9. The van der Waals surface area contributed by atoms with Crippen LogP contribution in [0.5, 0.6) is 0 Å². The SMILES string of the molecule is C.C.C.C.C.C.C.C.C#CCC(C)C.C#CCC(C)C.C=CCC(C)C.CC(=O)CC(C)(C)C.CC(=O)CC(C)(C)C.CC(=O)NCCC(C)C.CC(C)CC=O.CC(C)CCCO.CC(C)CCN.CC(C)CCN.CC(C)CCN.CC(C)CCN.CC(C)CCN(C)C.CC(C)CCNC(C)C.CC(C)CCO.CC(C)C[C@H](O)CO.CCCCC(C)C.CCCCNCCOC.CCNCCC(C)C.CNCCC(C)C. The highest BCUT2D eigenvalue weighted by Crippen LogP contribution is 2.19. The van der Waals surface area contributed by atoms with Crippen molar-refractivity contribution in [3.05, 3.63) is 12.7 Å². The van der Waals surface area contributed by atoms with Gasteiger partial charge in [-0.25, -0.2) is 0 Å². The number of ketones is 2. The van der Waals surface area contributed by atoms with Crippen LogP contribution in [-0.2, 0) is 23.9 Å². The summed E-state index contributed by atoms with van der Waals surface area (Å²) in [7, 11) is 7.94. The molecule has 0 aliphatic carbocycles. The molecule has 0 aromatic heterocycles. The van der Waals surface area contributed by atoms with Crippen LogP contribution >= 0.6 is 0 Å². The lowest BCUT2D eigenvalue weighted by atomic mass is 9.90. The van der Waals surface area contributed by atoms with Gasteiger partial charge in [-0.1, -0.05) is 403 Å². The summed E-state index contributed by atoms with van der Waals surface area (Å²) in [6.07, 6.45) is 38.6. The summed E-state index contributed by atoms with van der Waals surface area (Å²) < 4.78 is 4.86. The van der Waals surface area contributed by atoms with E-state index in [9.17, 15) is 19.2 Å². The van der Waals surface area contributed by atoms with E-state index in [1.54, 1.807) is 27.9 Å². The van der Waals surface area contributed by atoms with Crippen molar-refractivity contribution >= 4 is 23.8 Å². The molecule has 0 rings (SSSR count). The number of hydrogen-bond donors (Lipinski definition) is 13. The Labute approximate surface area is 956 Å². The average molecular weight is 2170 g/mol. The number of aldehydes is 1. The molecule has 0 saturated carbocycles. The molecule has 1 atom stereocenters. The number of nitrogens with one attached hydrogen (secondary N) is 5. The van der Waals surface area contributed by atoms with Crippen LogP contribution < -0.4 is 49.5 Å². The predicted octanol–water partition coefficient (Wildman–Crippen LogP) is 34.2. The first-order valence-corrected chi connectivity index (χ1v) is 56.7. The van der Waals surface area contributed by atoms with Gasteiger partial charge < -0.3 is 94.0 Å². The molecule has 0 saturated heterocycles. The number of amides is 1. The molecule has 150 heavy (non-hydrogen) atoms. The van der Waals surface area contributed by atoms with Crippen molar-refractivity contribution in [2.75, 3.05) is 133 Å². The molecule has 19 heteroatoms. The van der Waals surface area contributed by atoms with Crippen LogP contribution in [0.3, 0.4) is 0 Å². The number of nitrogens with zero attached hydrogens (tertiary/aromatic N) is 1. The topological polar surface area (TPSA) is 326 Å². The highest BCUT2D eigenvalue weighted by atomic mass is 16.5. The third-order valence-electron chi connectivity index (χ3n) is 17.4. The third kappa shape index (κ3) is 470. The monoisotopic (exact) mass is 2170 g/mol. The highest BCUT2D eigenvalue weighted by Gasteiger charge is 2.13. The molecule has 0 radical (unpaired) electrons. The fraction of sp³-hybridized carbons (Fsp3) is 0.924. The van der Waals surface area contributed by atoms with Gasteiger partial charge in [0, 0.05) is 78.5 Å². The fourth-order valence-corrected chi connectivity index (χ4v) is 9.13. The zero-order valence-electron chi connectivity index (χ0n) is 107. The van der Waals surface area contributed by atoms with Gasteiger partial charge in [0.25, 0.3) is 0 Å². The quantitative estimate of drug-likeness (QED) is 0.0116. The van der Waals surface area contributed by atoms with Crippen molar-refractivity contribution in [2.24, 2.45) is 134 Å². The van der Waals surface area contributed by atoms with Crippen LogP contribution in [0.2, 0.25) is 0 Å². The van der Waals surface area contributed by atoms with Crippen molar-refractivity contribution in [3.63, 3.8) is 0 Å². The summed E-state index contributed by atoms with van der Waals surface area (Å²) in [5.74, 6) is 18.3. The Balaban J connectivity index is -0.0000000401. The second-order valence-electron chi connectivity index (χ2n) is 47.1. The molecule has 0 spiro atoms. The van der Waals surface area contributed by atoms with Crippen LogP contribution in [0.15, 0.2) is 12.7 Å². The van der Waals surface area contributed by atoms with Crippen molar-refractivity contribution in [1.82, 2.24) is 31.5 Å². The molecule has 0 aliphatic heterocycles. The number of carbonyl (C=O) groups excluding carboxylic acids is 4. The van der Waals surface area contributed by atoms with E-state index in [0.717, 1.165) is 214 Å². The zero-order chi connectivity index (χ0) is 117. The smallest absolute Gasteiger partial charge is 0.216 e. The normalized spacial score (nSPS) is 9.87. The zero-order valence-corrected chi connectivity index (χ0v) is 107. The number of methoxy groups -OCH3 is 1. The number of rotatable bonds is 50. The molecular weight excluding hydrogens is 1860 g/mol. The predicted molar refractivity (Wildman–Crippen MR) is 704 cm³/mol. The summed E-state index contributed by atoms with van der Waals surface area (Å²) >= 11 is 0. The van der Waals surface area contributed by atoms with Gasteiger partial charge in [0.1, 0.15) is 17.9 Å². The van der Waals surface area contributed by atoms with Crippen molar-refractivity contribution in [2.45, 2.75) is 558 Å². The number of aliphatic hydroxyl groups excluding tert-OH is 4. The van der Waals surface area contributed by atoms with Gasteiger partial charge in [-0.15, -0.1) is 31.3 Å². The minimum atomic E-state index is -0.519. The molecule has 19 nitrogen and oxygen atoms in total. The van der Waals surface area contributed by atoms with Crippen LogP contribution in [0.4, 0.5) is 0 Å². The minimum absolute atomic E-state index is 0. The van der Waals surface area contributed by atoms with E-state index in [0.29, 0.717) is 80.4 Å². The van der Waals surface area contributed by atoms with E-state index in [-0.39, 0.29) is 94.3 Å². The number of unbranched alkanes of at least 4 members (excludes halogenated alkanes) is 2. The molecule has 0 unspecified atom stereocenters. The van der Waals surface area contributed by atoms with Crippen LogP contribution in [0, 0.1) is 136 Å². The molecule has 0 bridgehead atoms. The van der Waals surface area contributed by atoms with Crippen LogP contribution in [0.1, 0.15) is 546 Å². The standard InChI is InChI=1S/C8H19N.C7H15NO.C7H17NO.2C7H17N.2C7H14O.C7H16.C6H15N.C6H14O2.C6H14O.C6H12.2C6H10.4C5H13N.C5H12O.C5H10O.8CH4/c1-7(2)5-6-9-8(3)4;1-6(2)4-5-8-7(3)9;1-3-4-5-8-6-7-9-2;1-7(2)5-6-8(3)4;1-4-8-6-5-7(2)3;2*1-6(8)5-7(2,3)4;1-4-5-6-7(2)3;1-6(2)4-5-7-3;1-5(2)3-6(8)4-7;1-6(2)4-3-5-7;3*1-4-5-6(2)3;6*1-5(2)3-4-6;;;;;;;;/h7-9H,5-6H2,1-4H3;6H,4-5H2,1-3H3,(H,8,9);8H,3-7H2,1-2H3;7H,5-6H2,1-4H3;7-8H,4-6H2,1-3H3;2*5H2,1-4H3;7H,4-6H2,1-3H3;6-7H,4-5H2,1-3H3;5-8H,3-4H2,1-2H3;6-7H,3-5H2,1-2H3;4,6H,1,5H2,2-3H3;2*1,6H,5H2,2-3H3;4*5H,3-4,6H2,1-2H3;5-6H,3-4H2,1-2H3;4-5H,3H2,1-2H3;8*1H4/t;;;;;;;;;6-;;;;;;;;;;;;;;;;;;/m.........0................../s1. The summed E-state index contributed by atoms with van der Waals surface area (Å²) in [4.78, 5) is 43.1. The lowest BCUT2D eigenvalue weighted by molar-refractivity contribution is -0.119. The fourth-order valence-electron chi connectivity index (χ4n) is 9.13. The number of ether oxygens (including phenoxy) is 1. The highest BCUT2D eigenvalue weighted by molar-refractivity contribution is 5.76. The summed E-state index contributed by atoms with van der Waals surface area (Å²) in [5, 5.41) is 49.4. The molecule has 0 aromatic carbocycles. The number of carbonyl (C=O) groups is 4. The van der Waals surface area contributed by atoms with Gasteiger partial charge >= 0.3 is 0 Å². The third-order valence-corrected chi connectivity index (χ3v) is 17.4. The Kier molecular flexibility index (Phi) is 276. The van der Waals surface area contributed by atoms with E-state index in [2.05, 4.69) is 348 Å². The maximum Gasteiger partial charge on any atom is 0.216 e. The van der Waals surface area contributed by atoms with Gasteiger partial charge in [0.15, 0.2) is 0 Å². The summed E-state index contributed by atoms with van der Waals surface area (Å²) in [6, 6.07) is 0.642.